The van der Waals surface area contributed by atoms with E-state index in [9.17, 15) is 4.79 Å². The van der Waals surface area contributed by atoms with Gasteiger partial charge in [0.25, 0.3) is 0 Å². The predicted molar refractivity (Wildman–Crippen MR) is 82.7 cm³/mol. The zero-order chi connectivity index (χ0) is 15.2. The molecular formula is C16H32N2O2. The van der Waals surface area contributed by atoms with Crippen molar-refractivity contribution in [2.45, 2.75) is 52.5 Å². The largest absolute Gasteiger partial charge is 0.465 e. The van der Waals surface area contributed by atoms with Crippen LogP contribution in [-0.2, 0) is 9.53 Å². The van der Waals surface area contributed by atoms with Gasteiger partial charge in [-0.3, -0.25) is 0 Å². The van der Waals surface area contributed by atoms with E-state index in [1.165, 1.54) is 0 Å². The number of nitrogens with zero attached hydrogens (tertiary/aromatic N) is 1. The summed E-state index contributed by atoms with van der Waals surface area (Å²) in [5.41, 5.74) is -0.504. The van der Waals surface area contributed by atoms with Gasteiger partial charge in [-0.15, -0.1) is 0 Å². The van der Waals surface area contributed by atoms with Crippen LogP contribution in [0.25, 0.3) is 0 Å². The number of hydrogen-bond acceptors (Lipinski definition) is 4. The van der Waals surface area contributed by atoms with Gasteiger partial charge in [-0.25, -0.2) is 4.79 Å². The number of nitrogens with one attached hydrogen (secondary N) is 1. The van der Waals surface area contributed by atoms with Crippen LogP contribution in [0, 0.1) is 11.8 Å². The normalized spacial score (nSPS) is 18.4. The molecule has 1 unspecified atom stereocenters. The fourth-order valence-electron chi connectivity index (χ4n) is 2.93. The second-order valence-corrected chi connectivity index (χ2v) is 6.48. The van der Waals surface area contributed by atoms with Gasteiger partial charge in [0.15, 0.2) is 0 Å². The van der Waals surface area contributed by atoms with Gasteiger partial charge in [-0.05, 0) is 51.6 Å². The highest BCUT2D eigenvalue weighted by Gasteiger charge is 2.52. The summed E-state index contributed by atoms with van der Waals surface area (Å²) in [4.78, 5) is 14.8. The third kappa shape index (κ3) is 4.74. The van der Waals surface area contributed by atoms with E-state index in [1.807, 2.05) is 6.92 Å². The van der Waals surface area contributed by atoms with Gasteiger partial charge in [-0.1, -0.05) is 20.8 Å². The quantitative estimate of drug-likeness (QED) is 0.625. The minimum atomic E-state index is -0.504. The van der Waals surface area contributed by atoms with Gasteiger partial charge >= 0.3 is 5.97 Å². The van der Waals surface area contributed by atoms with E-state index < -0.39 is 5.54 Å². The predicted octanol–water partition coefficient (Wildman–Crippen LogP) is 2.29. The van der Waals surface area contributed by atoms with Gasteiger partial charge in [0.1, 0.15) is 5.54 Å². The monoisotopic (exact) mass is 284 g/mol. The third-order valence-electron chi connectivity index (χ3n) is 3.80. The maximum Gasteiger partial charge on any atom is 0.327 e. The summed E-state index contributed by atoms with van der Waals surface area (Å²) in [6.45, 7) is 11.5. The molecule has 1 fully saturated rings. The first kappa shape index (κ1) is 17.4. The van der Waals surface area contributed by atoms with E-state index in [0.29, 0.717) is 18.4 Å². The van der Waals surface area contributed by atoms with Crippen molar-refractivity contribution in [1.82, 2.24) is 10.2 Å². The van der Waals surface area contributed by atoms with Crippen molar-refractivity contribution in [3.8, 4) is 0 Å². The Morgan fingerprint density at radius 2 is 2.05 bits per heavy atom. The fraction of sp³-hybridized carbons (Fsp3) is 0.938. The van der Waals surface area contributed by atoms with Gasteiger partial charge < -0.3 is 15.0 Å². The molecule has 0 aliphatic heterocycles. The highest BCUT2D eigenvalue weighted by Crippen LogP contribution is 2.41. The maximum atomic E-state index is 12.6. The summed E-state index contributed by atoms with van der Waals surface area (Å²) in [6, 6.07) is 0. The van der Waals surface area contributed by atoms with Gasteiger partial charge in [-0.2, -0.15) is 0 Å². The molecule has 0 aromatic heterocycles. The SMILES string of the molecule is CCCNC(CN(C)CC(C)C)(C(=O)OCC)C1CC1. The van der Waals surface area contributed by atoms with E-state index in [0.717, 1.165) is 38.9 Å². The lowest BCUT2D eigenvalue weighted by Crippen LogP contribution is -2.61. The molecule has 0 saturated heterocycles. The van der Waals surface area contributed by atoms with Gasteiger partial charge in [0.05, 0.1) is 6.61 Å². The minimum absolute atomic E-state index is 0.0634. The van der Waals surface area contributed by atoms with E-state index in [-0.39, 0.29) is 5.97 Å². The molecular weight excluding hydrogens is 252 g/mol. The molecule has 0 amide bonds. The number of carbonyl (C=O) groups excluding carboxylic acids is 1. The van der Waals surface area contributed by atoms with Gasteiger partial charge in [0.2, 0.25) is 0 Å². The molecule has 4 heteroatoms. The standard InChI is InChI=1S/C16H32N2O2/c1-6-10-17-16(14-8-9-14,15(19)20-7-2)12-18(5)11-13(3)4/h13-14,17H,6-12H2,1-5H3. The summed E-state index contributed by atoms with van der Waals surface area (Å²) >= 11 is 0. The first-order valence-corrected chi connectivity index (χ1v) is 8.07. The number of hydrogen-bond donors (Lipinski definition) is 1. The third-order valence-corrected chi connectivity index (χ3v) is 3.80. The second-order valence-electron chi connectivity index (χ2n) is 6.48. The fourth-order valence-corrected chi connectivity index (χ4v) is 2.93. The lowest BCUT2D eigenvalue weighted by atomic mass is 9.91. The summed E-state index contributed by atoms with van der Waals surface area (Å²) in [6.07, 6.45) is 3.29. The summed E-state index contributed by atoms with van der Waals surface area (Å²) < 4.78 is 5.38. The molecule has 1 N–H and O–H groups in total. The van der Waals surface area contributed by atoms with Crippen LogP contribution in [0.5, 0.6) is 0 Å². The van der Waals surface area contributed by atoms with Crippen LogP contribution in [0.1, 0.15) is 47.0 Å². The second kappa shape index (κ2) is 7.99. The molecule has 1 aliphatic carbocycles. The first-order chi connectivity index (χ1) is 9.46. The zero-order valence-corrected chi connectivity index (χ0v) is 13.9. The van der Waals surface area contributed by atoms with Crippen molar-refractivity contribution in [2.24, 2.45) is 11.8 Å². The summed E-state index contributed by atoms with van der Waals surface area (Å²) in [5, 5.41) is 3.52. The Hall–Kier alpha value is -0.610. The smallest absolute Gasteiger partial charge is 0.327 e. The van der Waals surface area contributed by atoms with Crippen LogP contribution >= 0.6 is 0 Å². The summed E-state index contributed by atoms with van der Waals surface area (Å²) in [5.74, 6) is 0.972. The van der Waals surface area contributed by atoms with E-state index in [4.69, 9.17) is 4.74 Å². The molecule has 1 saturated carbocycles. The molecule has 0 bridgehead atoms. The van der Waals surface area contributed by atoms with Crippen LogP contribution < -0.4 is 5.32 Å². The minimum Gasteiger partial charge on any atom is -0.465 e. The molecule has 4 nitrogen and oxygen atoms in total. The Balaban J connectivity index is 2.82. The van der Waals surface area contributed by atoms with E-state index in [1.54, 1.807) is 0 Å². The van der Waals surface area contributed by atoms with Crippen molar-refractivity contribution in [3.63, 3.8) is 0 Å². The first-order valence-electron chi connectivity index (χ1n) is 8.07. The number of likely N-dealkylation sites (N-methyl/N-ethyl adjacent to an activating group) is 1. The number of rotatable bonds is 10. The molecule has 1 aliphatic rings. The Labute approximate surface area is 124 Å². The molecule has 0 aromatic rings. The molecule has 0 spiro atoms. The highest BCUT2D eigenvalue weighted by molar-refractivity contribution is 5.82. The Morgan fingerprint density at radius 1 is 1.40 bits per heavy atom. The van der Waals surface area contributed by atoms with Crippen LogP contribution in [0.2, 0.25) is 0 Å². The molecule has 118 valence electrons. The molecule has 1 atom stereocenters. The molecule has 20 heavy (non-hydrogen) atoms. The van der Waals surface area contributed by atoms with Crippen molar-refractivity contribution < 1.29 is 9.53 Å². The van der Waals surface area contributed by atoms with Crippen LogP contribution in [0.15, 0.2) is 0 Å². The topological polar surface area (TPSA) is 41.6 Å². The van der Waals surface area contributed by atoms with Crippen LogP contribution in [0.3, 0.4) is 0 Å². The zero-order valence-electron chi connectivity index (χ0n) is 13.9. The van der Waals surface area contributed by atoms with Crippen LogP contribution in [0.4, 0.5) is 0 Å². The van der Waals surface area contributed by atoms with Crippen LogP contribution in [-0.4, -0.2) is 49.7 Å². The molecule has 0 aromatic carbocycles. The lowest BCUT2D eigenvalue weighted by Gasteiger charge is -2.36. The number of carbonyl (C=O) groups is 1. The van der Waals surface area contributed by atoms with E-state index in [2.05, 4.69) is 38.0 Å². The van der Waals surface area contributed by atoms with Crippen molar-refractivity contribution in [1.29, 1.82) is 0 Å². The number of esters is 1. The maximum absolute atomic E-state index is 12.6. The van der Waals surface area contributed by atoms with Crippen molar-refractivity contribution in [2.75, 3.05) is 33.3 Å². The Morgan fingerprint density at radius 3 is 2.50 bits per heavy atom. The number of ether oxygens (including phenoxy) is 1. The average molecular weight is 284 g/mol. The average Bonchev–Trinajstić information content (AvgIpc) is 3.18. The molecule has 0 radical (unpaired) electrons. The van der Waals surface area contributed by atoms with Crippen molar-refractivity contribution >= 4 is 5.97 Å². The Kier molecular flexibility index (Phi) is 6.96. The lowest BCUT2D eigenvalue weighted by molar-refractivity contribution is -0.153. The summed E-state index contributed by atoms with van der Waals surface area (Å²) in [7, 11) is 2.10. The molecule has 1 rings (SSSR count). The van der Waals surface area contributed by atoms with E-state index >= 15 is 0 Å². The van der Waals surface area contributed by atoms with Crippen molar-refractivity contribution in [3.05, 3.63) is 0 Å². The molecule has 0 heterocycles. The highest BCUT2D eigenvalue weighted by atomic mass is 16.5. The Bertz CT molecular complexity index is 303. The van der Waals surface area contributed by atoms with Gasteiger partial charge in [0, 0.05) is 13.1 Å².